The number of amides is 1. The zero-order chi connectivity index (χ0) is 24.6. The van der Waals surface area contributed by atoms with Gasteiger partial charge in [-0.2, -0.15) is 5.10 Å². The first-order valence-corrected chi connectivity index (χ1v) is 12.3. The Morgan fingerprint density at radius 3 is 2.80 bits per heavy atom. The highest BCUT2D eigenvalue weighted by atomic mass is 32.1. The molecule has 0 aliphatic carbocycles. The molecule has 5 rings (SSSR count). The lowest BCUT2D eigenvalue weighted by Crippen LogP contribution is -2.32. The molecule has 0 saturated heterocycles. The molecule has 0 spiro atoms. The lowest BCUT2D eigenvalue weighted by Gasteiger charge is -2.28. The van der Waals surface area contributed by atoms with Crippen molar-refractivity contribution in [3.63, 3.8) is 0 Å². The molecular weight excluding hydrogens is 460 g/mol. The van der Waals surface area contributed by atoms with Gasteiger partial charge in [0.2, 0.25) is 5.95 Å². The maximum atomic E-state index is 12.9. The smallest absolute Gasteiger partial charge is 0.263 e. The lowest BCUT2D eigenvalue weighted by molar-refractivity contribution is 0.0938. The van der Waals surface area contributed by atoms with Crippen LogP contribution in [0.5, 0.6) is 0 Å². The van der Waals surface area contributed by atoms with Crippen LogP contribution in [0, 0.1) is 0 Å². The lowest BCUT2D eigenvalue weighted by atomic mass is 9.95. The van der Waals surface area contributed by atoms with Crippen LogP contribution in [-0.2, 0) is 12.5 Å². The predicted molar refractivity (Wildman–Crippen MR) is 138 cm³/mol. The Morgan fingerprint density at radius 2 is 2.06 bits per heavy atom. The van der Waals surface area contributed by atoms with Crippen molar-refractivity contribution in [1.29, 1.82) is 0 Å². The molecule has 10 heteroatoms. The van der Waals surface area contributed by atoms with E-state index in [1.165, 1.54) is 11.3 Å². The molecule has 0 radical (unpaired) electrons. The van der Waals surface area contributed by atoms with Gasteiger partial charge >= 0.3 is 0 Å². The van der Waals surface area contributed by atoms with E-state index in [9.17, 15) is 4.79 Å². The van der Waals surface area contributed by atoms with Crippen LogP contribution >= 0.6 is 11.3 Å². The zero-order valence-electron chi connectivity index (χ0n) is 20.2. The fourth-order valence-corrected chi connectivity index (χ4v) is 4.86. The second-order valence-electron chi connectivity index (χ2n) is 9.62. The molecule has 1 aromatic carbocycles. The molecule has 9 nitrogen and oxygen atoms in total. The Labute approximate surface area is 208 Å². The van der Waals surface area contributed by atoms with Gasteiger partial charge in [0.1, 0.15) is 4.88 Å². The zero-order valence-corrected chi connectivity index (χ0v) is 21.0. The number of thiazole rings is 1. The molecule has 3 aromatic heterocycles. The van der Waals surface area contributed by atoms with E-state index in [1.807, 2.05) is 25.4 Å². The summed E-state index contributed by atoms with van der Waals surface area (Å²) in [5.41, 5.74) is 4.59. The average Bonchev–Trinajstić information content (AvgIpc) is 3.49. The highest BCUT2D eigenvalue weighted by Crippen LogP contribution is 2.34. The molecule has 0 fully saturated rings. The quantitative estimate of drug-likeness (QED) is 0.375. The maximum Gasteiger partial charge on any atom is 0.263 e. The van der Waals surface area contributed by atoms with Crippen LogP contribution in [0.25, 0.3) is 11.3 Å². The van der Waals surface area contributed by atoms with Gasteiger partial charge in [-0.3, -0.25) is 9.48 Å². The van der Waals surface area contributed by atoms with Crippen LogP contribution in [0.2, 0.25) is 0 Å². The third-order valence-electron chi connectivity index (χ3n) is 5.77. The van der Waals surface area contributed by atoms with Gasteiger partial charge < -0.3 is 16.0 Å². The third-order valence-corrected chi connectivity index (χ3v) is 7.19. The van der Waals surface area contributed by atoms with Gasteiger partial charge in [0.25, 0.3) is 5.91 Å². The van der Waals surface area contributed by atoms with E-state index in [1.54, 1.807) is 23.3 Å². The fraction of sp³-hybridized carbons (Fsp3) is 0.320. The molecule has 180 valence electrons. The molecule has 35 heavy (non-hydrogen) atoms. The highest BCUT2D eigenvalue weighted by molar-refractivity contribution is 7.13. The average molecular weight is 489 g/mol. The first-order chi connectivity index (χ1) is 16.8. The van der Waals surface area contributed by atoms with E-state index >= 15 is 0 Å². The number of carbonyl (C=O) groups excluding carboxylic acids is 1. The summed E-state index contributed by atoms with van der Waals surface area (Å²) in [5.74, 6) is 0.423. The number of hydrogen-bond acceptors (Lipinski definition) is 8. The second-order valence-corrected chi connectivity index (χ2v) is 10.6. The monoisotopic (exact) mass is 488 g/mol. The number of aromatic nitrogens is 5. The van der Waals surface area contributed by atoms with Crippen molar-refractivity contribution in [2.24, 2.45) is 7.05 Å². The van der Waals surface area contributed by atoms with E-state index in [4.69, 9.17) is 0 Å². The Balaban J connectivity index is 1.34. The maximum absolute atomic E-state index is 12.9. The van der Waals surface area contributed by atoms with Crippen molar-refractivity contribution in [3.8, 4) is 11.3 Å². The van der Waals surface area contributed by atoms with Gasteiger partial charge in [0, 0.05) is 42.7 Å². The van der Waals surface area contributed by atoms with Gasteiger partial charge in [0.05, 0.1) is 34.8 Å². The van der Waals surface area contributed by atoms with Crippen molar-refractivity contribution in [2.75, 3.05) is 17.2 Å². The van der Waals surface area contributed by atoms with E-state index in [0.29, 0.717) is 10.8 Å². The Hall–Kier alpha value is -3.79. The summed E-state index contributed by atoms with van der Waals surface area (Å²) >= 11 is 1.46. The van der Waals surface area contributed by atoms with Gasteiger partial charge in [-0.1, -0.05) is 32.9 Å². The van der Waals surface area contributed by atoms with Crippen LogP contribution in [0.1, 0.15) is 53.5 Å². The molecule has 1 atom stereocenters. The van der Waals surface area contributed by atoms with E-state index < -0.39 is 0 Å². The van der Waals surface area contributed by atoms with Gasteiger partial charge in [0.15, 0.2) is 0 Å². The second kappa shape index (κ2) is 9.10. The highest BCUT2D eigenvalue weighted by Gasteiger charge is 2.25. The molecule has 3 N–H and O–H groups in total. The molecule has 1 unspecified atom stereocenters. The minimum Gasteiger partial charge on any atom is -0.385 e. The SMILES string of the molecule is Cn1cc(Nc2nccc(-c3ccc4c(c3)NCCC4NC(=O)c3cnc(C(C)(C)C)s3)n2)cn1. The van der Waals surface area contributed by atoms with Crippen LogP contribution in [0.3, 0.4) is 0 Å². The molecular formula is C25H28N8OS. The topological polar surface area (TPSA) is 110 Å². The summed E-state index contributed by atoms with van der Waals surface area (Å²) in [6.07, 6.45) is 7.82. The molecule has 1 aliphatic heterocycles. The largest absolute Gasteiger partial charge is 0.385 e. The van der Waals surface area contributed by atoms with Crippen LogP contribution in [0.4, 0.5) is 17.3 Å². The number of nitrogens with one attached hydrogen (secondary N) is 3. The summed E-state index contributed by atoms with van der Waals surface area (Å²) in [4.78, 5) is 27.0. The number of hydrogen-bond donors (Lipinski definition) is 3. The van der Waals surface area contributed by atoms with Crippen LogP contribution in [0.15, 0.2) is 49.1 Å². The predicted octanol–water partition coefficient (Wildman–Crippen LogP) is 4.66. The van der Waals surface area contributed by atoms with E-state index in [0.717, 1.165) is 46.2 Å². The number of carbonyl (C=O) groups is 1. The summed E-state index contributed by atoms with van der Waals surface area (Å²) in [6, 6.07) is 7.99. The molecule has 0 bridgehead atoms. The van der Waals surface area contributed by atoms with E-state index in [-0.39, 0.29) is 17.4 Å². The number of benzene rings is 1. The first-order valence-electron chi connectivity index (χ1n) is 11.5. The molecule has 1 amide bonds. The minimum atomic E-state index is -0.0816. The van der Waals surface area contributed by atoms with Gasteiger partial charge in [-0.05, 0) is 24.1 Å². The first kappa shape index (κ1) is 23.0. The van der Waals surface area contributed by atoms with Crippen molar-refractivity contribution in [3.05, 3.63) is 64.5 Å². The summed E-state index contributed by atoms with van der Waals surface area (Å²) in [5, 5.41) is 15.0. The summed E-state index contributed by atoms with van der Waals surface area (Å²) in [7, 11) is 1.86. The number of fused-ring (bicyclic) bond motifs is 1. The van der Waals surface area contributed by atoms with Gasteiger partial charge in [-0.15, -0.1) is 11.3 Å². The Bertz CT molecular complexity index is 1370. The van der Waals surface area contributed by atoms with Crippen molar-refractivity contribution in [1.82, 2.24) is 30.0 Å². The molecule has 4 heterocycles. The van der Waals surface area contributed by atoms with Crippen molar-refractivity contribution in [2.45, 2.75) is 38.6 Å². The Kier molecular flexibility index (Phi) is 5.98. The van der Waals surface area contributed by atoms with Crippen LogP contribution < -0.4 is 16.0 Å². The number of anilines is 3. The minimum absolute atomic E-state index is 0.0683. The fourth-order valence-electron chi connectivity index (χ4n) is 3.98. The molecule has 4 aromatic rings. The number of rotatable bonds is 5. The normalized spacial score (nSPS) is 15.3. The van der Waals surface area contributed by atoms with Crippen molar-refractivity contribution >= 4 is 34.6 Å². The molecule has 1 aliphatic rings. The van der Waals surface area contributed by atoms with E-state index in [2.05, 4.69) is 68.9 Å². The van der Waals surface area contributed by atoms with Crippen LogP contribution in [-0.4, -0.2) is 37.2 Å². The molecule has 0 saturated carbocycles. The summed E-state index contributed by atoms with van der Waals surface area (Å²) in [6.45, 7) is 7.08. The Morgan fingerprint density at radius 1 is 1.20 bits per heavy atom. The van der Waals surface area contributed by atoms with Gasteiger partial charge in [-0.25, -0.2) is 15.0 Å². The number of aryl methyl sites for hydroxylation is 1. The van der Waals surface area contributed by atoms with Crippen molar-refractivity contribution < 1.29 is 4.79 Å². The standard InChI is InChI=1S/C25H28N8OS/c1-25(2,3)23-28-13-21(35-23)22(34)31-19-8-9-26-20-11-15(5-6-17(19)20)18-7-10-27-24(32-18)30-16-12-29-33(4)14-16/h5-7,10-14,19,26H,8-9H2,1-4H3,(H,31,34)(H,27,30,32). The third kappa shape index (κ3) is 5.02. The summed E-state index contributed by atoms with van der Waals surface area (Å²) < 4.78 is 1.72. The number of nitrogens with zero attached hydrogens (tertiary/aromatic N) is 5.